The smallest absolute Gasteiger partial charge is 0.241 e. The maximum Gasteiger partial charge on any atom is 0.241 e. The highest BCUT2D eigenvalue weighted by atomic mass is 32.2. The Balaban J connectivity index is 1.82. The SMILES string of the molecule is COc1ccc(S(=O)(=O)NC(c2ccccc2)c2nc3ccccc3n2C)c(C)c1. The Hall–Kier alpha value is -3.16. The lowest BCUT2D eigenvalue weighted by Gasteiger charge is -2.20. The van der Waals surface area contributed by atoms with Crippen molar-refractivity contribution in [2.75, 3.05) is 7.11 Å². The summed E-state index contributed by atoms with van der Waals surface area (Å²) in [6.07, 6.45) is 0. The zero-order chi connectivity index (χ0) is 21.3. The van der Waals surface area contributed by atoms with E-state index in [9.17, 15) is 8.42 Å². The number of imidazole rings is 1. The number of benzene rings is 3. The molecule has 0 aliphatic heterocycles. The van der Waals surface area contributed by atoms with Crippen molar-refractivity contribution in [3.63, 3.8) is 0 Å². The number of rotatable bonds is 6. The predicted octanol–water partition coefficient (Wildman–Crippen LogP) is 3.96. The van der Waals surface area contributed by atoms with Gasteiger partial charge < -0.3 is 9.30 Å². The van der Waals surface area contributed by atoms with E-state index in [-0.39, 0.29) is 4.90 Å². The lowest BCUT2D eigenvalue weighted by Crippen LogP contribution is -2.31. The second-order valence-corrected chi connectivity index (χ2v) is 8.80. The summed E-state index contributed by atoms with van der Waals surface area (Å²) in [5.74, 6) is 1.23. The fraction of sp³-hybridized carbons (Fsp3) is 0.174. The van der Waals surface area contributed by atoms with Gasteiger partial charge in [-0.05, 0) is 48.4 Å². The van der Waals surface area contributed by atoms with Gasteiger partial charge in [0, 0.05) is 7.05 Å². The average molecular weight is 422 g/mol. The van der Waals surface area contributed by atoms with E-state index in [1.807, 2.05) is 66.2 Å². The van der Waals surface area contributed by atoms with E-state index in [1.165, 1.54) is 0 Å². The van der Waals surface area contributed by atoms with E-state index in [0.29, 0.717) is 17.1 Å². The van der Waals surface area contributed by atoms with Gasteiger partial charge in [0.1, 0.15) is 17.6 Å². The normalized spacial score (nSPS) is 12.8. The third kappa shape index (κ3) is 3.69. The predicted molar refractivity (Wildman–Crippen MR) is 117 cm³/mol. The van der Waals surface area contributed by atoms with Gasteiger partial charge in [-0.25, -0.2) is 13.4 Å². The number of para-hydroxylation sites is 2. The quantitative estimate of drug-likeness (QED) is 0.511. The third-order valence-electron chi connectivity index (χ3n) is 5.16. The van der Waals surface area contributed by atoms with E-state index in [1.54, 1.807) is 32.2 Å². The molecule has 30 heavy (non-hydrogen) atoms. The molecule has 7 heteroatoms. The number of hydrogen-bond donors (Lipinski definition) is 1. The Morgan fingerprint density at radius 2 is 1.70 bits per heavy atom. The fourth-order valence-corrected chi connectivity index (χ4v) is 5.02. The zero-order valence-corrected chi connectivity index (χ0v) is 17.8. The highest BCUT2D eigenvalue weighted by Gasteiger charge is 2.27. The summed E-state index contributed by atoms with van der Waals surface area (Å²) in [6, 6.07) is 21.5. The van der Waals surface area contributed by atoms with Crippen molar-refractivity contribution < 1.29 is 13.2 Å². The van der Waals surface area contributed by atoms with Crippen LogP contribution in [0.25, 0.3) is 11.0 Å². The molecule has 1 atom stereocenters. The van der Waals surface area contributed by atoms with Gasteiger partial charge in [0.2, 0.25) is 10.0 Å². The van der Waals surface area contributed by atoms with Gasteiger partial charge in [-0.3, -0.25) is 0 Å². The van der Waals surface area contributed by atoms with E-state index >= 15 is 0 Å². The molecule has 0 saturated heterocycles. The highest BCUT2D eigenvalue weighted by Crippen LogP contribution is 2.28. The van der Waals surface area contributed by atoms with Gasteiger partial charge in [0.05, 0.1) is 23.0 Å². The maximum absolute atomic E-state index is 13.3. The van der Waals surface area contributed by atoms with Crippen molar-refractivity contribution in [1.29, 1.82) is 0 Å². The summed E-state index contributed by atoms with van der Waals surface area (Å²) < 4.78 is 36.7. The number of sulfonamides is 1. The van der Waals surface area contributed by atoms with Crippen molar-refractivity contribution in [3.8, 4) is 5.75 Å². The topological polar surface area (TPSA) is 73.2 Å². The van der Waals surface area contributed by atoms with Gasteiger partial charge in [0.15, 0.2) is 0 Å². The summed E-state index contributed by atoms with van der Waals surface area (Å²) in [6.45, 7) is 1.75. The van der Waals surface area contributed by atoms with Crippen LogP contribution < -0.4 is 9.46 Å². The molecule has 0 spiro atoms. The summed E-state index contributed by atoms with van der Waals surface area (Å²) in [7, 11) is -0.374. The number of fused-ring (bicyclic) bond motifs is 1. The Kier molecular flexibility index (Phi) is 5.32. The molecule has 0 bridgehead atoms. The molecule has 4 rings (SSSR count). The molecule has 0 aliphatic rings. The largest absolute Gasteiger partial charge is 0.497 e. The van der Waals surface area contributed by atoms with E-state index in [4.69, 9.17) is 9.72 Å². The van der Waals surface area contributed by atoms with Crippen LogP contribution in [-0.4, -0.2) is 25.1 Å². The first-order chi connectivity index (χ1) is 14.4. The van der Waals surface area contributed by atoms with Crippen molar-refractivity contribution >= 4 is 21.1 Å². The molecule has 0 radical (unpaired) electrons. The molecule has 1 unspecified atom stereocenters. The molecule has 154 valence electrons. The van der Waals surface area contributed by atoms with Gasteiger partial charge in [-0.15, -0.1) is 0 Å². The van der Waals surface area contributed by atoms with E-state index < -0.39 is 16.1 Å². The molecule has 3 aromatic carbocycles. The molecule has 1 heterocycles. The van der Waals surface area contributed by atoms with Crippen LogP contribution in [0.5, 0.6) is 5.75 Å². The van der Waals surface area contributed by atoms with Crippen molar-refractivity contribution in [1.82, 2.24) is 14.3 Å². The first-order valence-electron chi connectivity index (χ1n) is 9.54. The molecule has 6 nitrogen and oxygen atoms in total. The number of nitrogens with one attached hydrogen (secondary N) is 1. The highest BCUT2D eigenvalue weighted by molar-refractivity contribution is 7.89. The van der Waals surface area contributed by atoms with Crippen LogP contribution in [0.2, 0.25) is 0 Å². The second kappa shape index (κ2) is 7.93. The lowest BCUT2D eigenvalue weighted by molar-refractivity contribution is 0.414. The molecular formula is C23H23N3O3S. The third-order valence-corrected chi connectivity index (χ3v) is 6.74. The molecule has 0 saturated carbocycles. The Labute approximate surface area is 176 Å². The first-order valence-corrected chi connectivity index (χ1v) is 11.0. The van der Waals surface area contributed by atoms with E-state index in [0.717, 1.165) is 16.6 Å². The number of methoxy groups -OCH3 is 1. The minimum atomic E-state index is -3.82. The number of ether oxygens (including phenoxy) is 1. The van der Waals surface area contributed by atoms with Crippen LogP contribution in [0.4, 0.5) is 0 Å². The Morgan fingerprint density at radius 1 is 1.00 bits per heavy atom. The van der Waals surface area contributed by atoms with Crippen LogP contribution in [0, 0.1) is 6.92 Å². The van der Waals surface area contributed by atoms with Gasteiger partial charge >= 0.3 is 0 Å². The molecule has 0 aliphatic carbocycles. The number of aromatic nitrogens is 2. The lowest BCUT2D eigenvalue weighted by atomic mass is 10.1. The standard InChI is InChI=1S/C23H23N3O3S/c1-16-15-18(29-3)13-14-21(16)30(27,28)25-22(17-9-5-4-6-10-17)23-24-19-11-7-8-12-20(19)26(23)2/h4-15,22,25H,1-3H3. The number of aryl methyl sites for hydroxylation is 2. The van der Waals surface area contributed by atoms with E-state index in [2.05, 4.69) is 4.72 Å². The number of hydrogen-bond acceptors (Lipinski definition) is 4. The van der Waals surface area contributed by atoms with Crippen LogP contribution >= 0.6 is 0 Å². The minimum Gasteiger partial charge on any atom is -0.497 e. The molecular weight excluding hydrogens is 398 g/mol. The van der Waals surface area contributed by atoms with Gasteiger partial charge in [-0.2, -0.15) is 4.72 Å². The molecule has 1 aromatic heterocycles. The number of nitrogens with zero attached hydrogens (tertiary/aromatic N) is 2. The molecule has 1 N–H and O–H groups in total. The fourth-order valence-electron chi connectivity index (χ4n) is 3.61. The maximum atomic E-state index is 13.3. The van der Waals surface area contributed by atoms with Crippen LogP contribution in [-0.2, 0) is 17.1 Å². The molecule has 4 aromatic rings. The summed E-state index contributed by atoms with van der Waals surface area (Å²) in [5, 5.41) is 0. The first kappa shape index (κ1) is 20.1. The molecule has 0 fully saturated rings. The Morgan fingerprint density at radius 3 is 2.37 bits per heavy atom. The molecule has 0 amide bonds. The monoisotopic (exact) mass is 421 g/mol. The minimum absolute atomic E-state index is 0.211. The van der Waals surface area contributed by atoms with Gasteiger partial charge in [-0.1, -0.05) is 42.5 Å². The summed E-state index contributed by atoms with van der Waals surface area (Å²) in [5.41, 5.74) is 3.17. The summed E-state index contributed by atoms with van der Waals surface area (Å²) in [4.78, 5) is 4.94. The van der Waals surface area contributed by atoms with Crippen molar-refractivity contribution in [2.24, 2.45) is 7.05 Å². The Bertz CT molecular complexity index is 1300. The van der Waals surface area contributed by atoms with Crippen LogP contribution in [0.3, 0.4) is 0 Å². The van der Waals surface area contributed by atoms with Crippen molar-refractivity contribution in [3.05, 3.63) is 89.7 Å². The average Bonchev–Trinajstić information content (AvgIpc) is 3.09. The summed E-state index contributed by atoms with van der Waals surface area (Å²) >= 11 is 0. The van der Waals surface area contributed by atoms with Crippen LogP contribution in [0.15, 0.2) is 77.7 Å². The zero-order valence-electron chi connectivity index (χ0n) is 17.0. The van der Waals surface area contributed by atoms with Gasteiger partial charge in [0.25, 0.3) is 0 Å². The second-order valence-electron chi connectivity index (χ2n) is 7.11. The van der Waals surface area contributed by atoms with Crippen LogP contribution in [0.1, 0.15) is 23.0 Å². The van der Waals surface area contributed by atoms with Crippen molar-refractivity contribution in [2.45, 2.75) is 17.9 Å².